The number of hydrogen-bond acceptors (Lipinski definition) is 9. The monoisotopic (exact) mass is 1570 g/mol. The van der Waals surface area contributed by atoms with Crippen molar-refractivity contribution in [2.24, 2.45) is 48.5 Å². The molecule has 10 fully saturated rings. The van der Waals surface area contributed by atoms with E-state index in [1.807, 2.05) is 0 Å². The highest BCUT2D eigenvalue weighted by molar-refractivity contribution is 5.81. The van der Waals surface area contributed by atoms with Crippen molar-refractivity contribution in [1.82, 2.24) is 38.9 Å². The molecule has 19 atom stereocenters. The van der Waals surface area contributed by atoms with Crippen molar-refractivity contribution >= 4 is 22.3 Å². The largest absolute Gasteiger partial charge is 0.372 e. The Morgan fingerprint density at radius 2 is 0.800 bits per heavy atom. The average molecular weight is 1570 g/mol. The van der Waals surface area contributed by atoms with E-state index in [-0.39, 0.29) is 0 Å². The number of benzene rings is 5. The molecule has 5 saturated heterocycles. The van der Waals surface area contributed by atoms with Crippen LogP contribution in [0.15, 0.2) is 127 Å². The SMILES string of the molecule is CC1C2CCCCC2CCN1C.CC1CC2CCCC2N1C.CC1CC2CCCCC2CN1C.CC1CC2CCCCC2N1C.CC1CCC2CCCCC2N1C.CC1CCc2ccccc2N1C.CC1Cc2ccccc2CN1C.CC1Cc2ccccc2N1C.CC1c2ccccc2CCN1C.Cc1cc2ccccc2n1C. The number of likely N-dealkylation sites (tertiary alicyclic amines) is 5. The minimum Gasteiger partial charge on any atom is -0.372 e. The first-order valence-corrected chi connectivity index (χ1v) is 47.6. The van der Waals surface area contributed by atoms with Gasteiger partial charge in [-0.05, 0) is 352 Å². The van der Waals surface area contributed by atoms with E-state index >= 15 is 0 Å². The molecule has 5 aliphatic carbocycles. The molecule has 9 aliphatic heterocycles. The van der Waals surface area contributed by atoms with E-state index in [1.165, 1.54) is 274 Å². The summed E-state index contributed by atoms with van der Waals surface area (Å²) in [7, 11) is 22.3. The predicted molar refractivity (Wildman–Crippen MR) is 498 cm³/mol. The van der Waals surface area contributed by atoms with Gasteiger partial charge in [0.2, 0.25) is 0 Å². The van der Waals surface area contributed by atoms with Gasteiger partial charge in [-0.15, -0.1) is 0 Å². The molecule has 10 nitrogen and oxygen atoms in total. The first kappa shape index (κ1) is 90.7. The van der Waals surface area contributed by atoms with Crippen LogP contribution in [0.2, 0.25) is 0 Å². The van der Waals surface area contributed by atoms with Crippen molar-refractivity contribution in [2.45, 2.75) is 341 Å². The van der Waals surface area contributed by atoms with Gasteiger partial charge in [-0.25, -0.2) is 0 Å². The quantitative estimate of drug-likeness (QED) is 0.148. The summed E-state index contributed by atoms with van der Waals surface area (Å²) in [5.41, 5.74) is 14.5. The van der Waals surface area contributed by atoms with E-state index in [2.05, 4.69) is 316 Å². The van der Waals surface area contributed by atoms with E-state index in [9.17, 15) is 0 Å². The number of anilines is 2. The fraction of sp³-hybridized carbons (Fsp3) is 0.695. The molecule has 115 heavy (non-hydrogen) atoms. The van der Waals surface area contributed by atoms with Gasteiger partial charge in [0.15, 0.2) is 0 Å². The molecule has 5 aromatic carbocycles. The molecule has 20 rings (SSSR count). The van der Waals surface area contributed by atoms with E-state index in [4.69, 9.17) is 0 Å². The molecule has 0 spiro atoms. The van der Waals surface area contributed by atoms with Crippen LogP contribution in [-0.2, 0) is 39.3 Å². The van der Waals surface area contributed by atoms with Crippen LogP contribution in [-0.4, -0.2) is 188 Å². The molecule has 10 heteroatoms. The summed E-state index contributed by atoms with van der Waals surface area (Å²) in [6.07, 6.45) is 43.2. The maximum Gasteiger partial charge on any atom is 0.0479 e. The van der Waals surface area contributed by atoms with Crippen LogP contribution >= 0.6 is 0 Å². The Morgan fingerprint density at radius 1 is 0.313 bits per heavy atom. The first-order valence-electron chi connectivity index (χ1n) is 47.6. The number of aromatic nitrogens is 1. The Bertz CT molecular complexity index is 3670. The maximum atomic E-state index is 2.63. The van der Waals surface area contributed by atoms with Gasteiger partial charge >= 0.3 is 0 Å². The number of nitrogens with zero attached hydrogens (tertiary/aromatic N) is 10. The number of hydrogen-bond donors (Lipinski definition) is 0. The molecule has 0 N–H and O–H groups in total. The molecule has 0 bridgehead atoms. The molecule has 1 aromatic heterocycles. The maximum absolute atomic E-state index is 2.63. The van der Waals surface area contributed by atoms with Crippen LogP contribution in [0.25, 0.3) is 10.9 Å². The molecule has 19 unspecified atom stereocenters. The van der Waals surface area contributed by atoms with Gasteiger partial charge in [-0.2, -0.15) is 0 Å². The second kappa shape index (κ2) is 44.0. The molecule has 14 aliphatic rings. The molecule has 5 saturated carbocycles. The third kappa shape index (κ3) is 24.0. The lowest BCUT2D eigenvalue weighted by Crippen LogP contribution is -2.48. The summed E-state index contributed by atoms with van der Waals surface area (Å²) >= 11 is 0. The average Bonchev–Trinajstić information content (AvgIpc) is 1.72. The van der Waals surface area contributed by atoms with Crippen molar-refractivity contribution in [1.29, 1.82) is 0 Å². The molecule has 6 aromatic rings. The van der Waals surface area contributed by atoms with E-state index in [0.717, 1.165) is 96.3 Å². The van der Waals surface area contributed by atoms with Gasteiger partial charge in [0.25, 0.3) is 0 Å². The third-order valence-corrected chi connectivity index (χ3v) is 32.7. The van der Waals surface area contributed by atoms with Gasteiger partial charge < -0.3 is 38.9 Å². The lowest BCUT2D eigenvalue weighted by molar-refractivity contribution is 0.0447. The molecule has 0 radical (unpaired) electrons. The molecule has 638 valence electrons. The number of para-hydroxylation sites is 3. The molecular formula is C105H168N10. The highest BCUT2D eigenvalue weighted by Crippen LogP contribution is 2.44. The van der Waals surface area contributed by atoms with E-state index in [0.29, 0.717) is 24.2 Å². The van der Waals surface area contributed by atoms with Crippen LogP contribution in [0.1, 0.15) is 274 Å². The number of rotatable bonds is 0. The Kier molecular flexibility index (Phi) is 34.7. The summed E-state index contributed by atoms with van der Waals surface area (Å²) < 4.78 is 2.20. The number of piperidine rings is 3. The smallest absolute Gasteiger partial charge is 0.0479 e. The van der Waals surface area contributed by atoms with Crippen molar-refractivity contribution in [3.8, 4) is 0 Å². The summed E-state index contributed by atoms with van der Waals surface area (Å²) in [5.74, 6) is 7.36. The zero-order valence-electron chi connectivity index (χ0n) is 77.1. The van der Waals surface area contributed by atoms with Gasteiger partial charge in [0, 0.05) is 136 Å². The summed E-state index contributed by atoms with van der Waals surface area (Å²) in [5, 5.41) is 1.33. The van der Waals surface area contributed by atoms with Crippen LogP contribution in [0, 0.1) is 48.3 Å². The summed E-state index contributed by atoms with van der Waals surface area (Å²) in [6.45, 7) is 28.2. The van der Waals surface area contributed by atoms with Gasteiger partial charge in [0.1, 0.15) is 0 Å². The molecule has 10 heterocycles. The standard InChI is InChI=1S/C11H21N.C11H15N.C11H21N.C11H15N.C11H21N.C11H15N.C10H19N.C10H13N.C10H11N.C9H17N/c2*1-9-7-10-5-3-4-6-11(10)8-12(9)2;2*1-9-11-6-4-3-5-10(11)7-8-12(9)2;2*1-9-7-8-10-5-3-4-6-11(10)12(9)2;3*1-8-7-9-5-3-4-6-10(9)11(8)2;1-7-6-8-4-3-5-9(8)10(7)2/h9-11H,3-8H2,1-2H3;3-6,9H,7-8H2,1-2H3;9-11H,3-8H2,1-2H3;3-6,9H,7-8H2,1-2H3;9-11H,3-8H2,1-2H3;3-6,9H,7-8H2,1-2H3;8-10H,3-7H2,1-2H3;3-6,8H,7H2,1-2H3;3-7H,1-2H3;7-9H,3-6H2,1-2H3. The Labute approximate surface area is 705 Å². The number of fused-ring (bicyclic) bond motifs is 10. The minimum atomic E-state index is 0.593. The lowest BCUT2D eigenvalue weighted by atomic mass is 9.71. The Balaban J connectivity index is 0.000000126. The van der Waals surface area contributed by atoms with Gasteiger partial charge in [-0.3, -0.25) is 9.80 Å². The van der Waals surface area contributed by atoms with Crippen molar-refractivity contribution in [2.75, 3.05) is 92.9 Å². The first-order chi connectivity index (χ1) is 55.3. The highest BCUT2D eigenvalue weighted by atomic mass is 15.2. The van der Waals surface area contributed by atoms with Crippen molar-refractivity contribution in [3.05, 3.63) is 166 Å². The second-order valence-electron chi connectivity index (χ2n) is 39.8. The molecule has 0 amide bonds. The predicted octanol–water partition coefficient (Wildman–Crippen LogP) is 23.2. The molecular weight excluding hydrogens is 1400 g/mol. The van der Waals surface area contributed by atoms with Crippen LogP contribution in [0.3, 0.4) is 0 Å². The lowest BCUT2D eigenvalue weighted by Gasteiger charge is -2.45. The van der Waals surface area contributed by atoms with Crippen molar-refractivity contribution < 1.29 is 0 Å². The summed E-state index contributed by atoms with van der Waals surface area (Å²) in [4.78, 5) is 22.4. The van der Waals surface area contributed by atoms with Gasteiger partial charge in [-0.1, -0.05) is 174 Å². The van der Waals surface area contributed by atoms with E-state index in [1.54, 1.807) is 0 Å². The number of likely N-dealkylation sites (N-methyl/N-ethyl adjacent to an activating group) is 3. The van der Waals surface area contributed by atoms with E-state index < -0.39 is 0 Å². The summed E-state index contributed by atoms with van der Waals surface area (Å²) in [6, 6.07) is 55.2. The second-order valence-corrected chi connectivity index (χ2v) is 39.8. The fourth-order valence-corrected chi connectivity index (χ4v) is 23.6. The van der Waals surface area contributed by atoms with Gasteiger partial charge in [0.05, 0.1) is 0 Å². The van der Waals surface area contributed by atoms with Crippen LogP contribution in [0.4, 0.5) is 11.4 Å². The topological polar surface area (TPSA) is 34.1 Å². The Morgan fingerprint density at radius 3 is 1.45 bits per heavy atom. The zero-order valence-corrected chi connectivity index (χ0v) is 77.1. The Hall–Kier alpha value is -5.04. The van der Waals surface area contributed by atoms with Crippen LogP contribution in [0.5, 0.6) is 0 Å². The van der Waals surface area contributed by atoms with Crippen molar-refractivity contribution in [3.63, 3.8) is 0 Å². The number of aryl methyl sites for hydroxylation is 3. The fourth-order valence-electron chi connectivity index (χ4n) is 23.6. The zero-order chi connectivity index (χ0) is 82.0. The minimum absolute atomic E-state index is 0.593. The highest BCUT2D eigenvalue weighted by Gasteiger charge is 2.41. The third-order valence-electron chi connectivity index (χ3n) is 32.7. The van der Waals surface area contributed by atoms with Crippen LogP contribution < -0.4 is 9.80 Å². The normalized spacial score (nSPS) is 32.7.